The van der Waals surface area contributed by atoms with Crippen LogP contribution in [0.15, 0.2) is 60.8 Å². The minimum atomic E-state index is -1.13. The minimum absolute atomic E-state index is 0.0323. The zero-order valence-corrected chi connectivity index (χ0v) is 38.7. The maximum Gasteiger partial charge on any atom is 0.306 e. The van der Waals surface area contributed by atoms with Crippen molar-refractivity contribution in [2.45, 2.75) is 206 Å². The molecule has 0 aromatic rings. The summed E-state index contributed by atoms with van der Waals surface area (Å²) in [6.07, 6.45) is 51.1. The van der Waals surface area contributed by atoms with Crippen LogP contribution in [0.5, 0.6) is 0 Å². The van der Waals surface area contributed by atoms with Gasteiger partial charge in [0.05, 0.1) is 40.3 Å². The number of hydrogen-bond acceptors (Lipinski definition) is 7. The van der Waals surface area contributed by atoms with Gasteiger partial charge in [0.1, 0.15) is 12.6 Å². The van der Waals surface area contributed by atoms with Gasteiger partial charge in [-0.2, -0.15) is 0 Å². The van der Waals surface area contributed by atoms with Crippen LogP contribution in [-0.4, -0.2) is 75.5 Å². The molecule has 0 spiro atoms. The van der Waals surface area contributed by atoms with Gasteiger partial charge in [0.15, 0.2) is 6.10 Å². The van der Waals surface area contributed by atoms with Crippen LogP contribution in [0.1, 0.15) is 194 Å². The molecule has 59 heavy (non-hydrogen) atoms. The van der Waals surface area contributed by atoms with E-state index < -0.39 is 18.1 Å². The highest BCUT2D eigenvalue weighted by molar-refractivity contribution is 5.70. The molecule has 0 aliphatic rings. The Labute approximate surface area is 362 Å². The molecule has 2 unspecified atom stereocenters. The van der Waals surface area contributed by atoms with Gasteiger partial charge in [-0.1, -0.05) is 164 Å². The van der Waals surface area contributed by atoms with E-state index in [-0.39, 0.29) is 42.7 Å². The van der Waals surface area contributed by atoms with Crippen molar-refractivity contribution in [3.63, 3.8) is 0 Å². The maximum absolute atomic E-state index is 12.8. The fraction of sp³-hybridized carbons (Fsp3) is 0.745. The first kappa shape index (κ1) is 56.0. The number of likely N-dealkylation sites (N-methyl/N-ethyl adjacent to an activating group) is 1. The predicted molar refractivity (Wildman–Crippen MR) is 245 cm³/mol. The molecule has 0 rings (SSSR count). The van der Waals surface area contributed by atoms with Crippen LogP contribution in [0.3, 0.4) is 0 Å². The Morgan fingerprint density at radius 1 is 0.508 bits per heavy atom. The van der Waals surface area contributed by atoms with Gasteiger partial charge in [-0.25, -0.2) is 0 Å². The first-order valence-corrected chi connectivity index (χ1v) is 23.8. The molecule has 0 aliphatic carbocycles. The van der Waals surface area contributed by atoms with E-state index in [2.05, 4.69) is 74.6 Å². The normalized spacial score (nSPS) is 13.4. The molecule has 8 heteroatoms. The highest BCUT2D eigenvalue weighted by Crippen LogP contribution is 2.15. The van der Waals surface area contributed by atoms with E-state index in [1.165, 1.54) is 77.0 Å². The SMILES string of the molecule is CC/C=C/C/C=C/C/C=C/CCCCCCC(=O)OCC(COCCC(C(=O)[O-])[N+](C)(C)C)OC(=O)CCCCCCCCCCCCCCCC/C=C/C/C=C/CC. The van der Waals surface area contributed by atoms with Gasteiger partial charge in [0, 0.05) is 19.3 Å². The summed E-state index contributed by atoms with van der Waals surface area (Å²) >= 11 is 0. The number of carboxylic acids is 1. The number of hydrogen-bond donors (Lipinski definition) is 0. The van der Waals surface area contributed by atoms with E-state index in [1.54, 1.807) is 21.1 Å². The largest absolute Gasteiger partial charge is 0.544 e. The molecule has 0 aromatic heterocycles. The van der Waals surface area contributed by atoms with E-state index >= 15 is 0 Å². The molecule has 0 saturated carbocycles. The van der Waals surface area contributed by atoms with Crippen LogP contribution in [0.25, 0.3) is 0 Å². The standard InChI is InChI=1S/C51H89NO7/c1-6-8-10-12-14-16-18-20-22-23-24-25-26-27-28-30-32-34-36-38-40-42-50(54)59-47(45-57-44-43-48(51(55)56)52(3,4)5)46-58-49(53)41-39-37-35-33-31-29-21-19-17-15-13-11-9-7-2/h8-11,14-17,21,29,47-48H,6-7,12-13,18-20,22-28,30-46H2,1-5H3/b10-8+,11-9+,16-14+,17-15+,29-21+. The van der Waals surface area contributed by atoms with Crippen LogP contribution in [0, 0.1) is 0 Å². The summed E-state index contributed by atoms with van der Waals surface area (Å²) in [6, 6.07) is -0.731. The van der Waals surface area contributed by atoms with Crippen LogP contribution in [0.4, 0.5) is 0 Å². The van der Waals surface area contributed by atoms with Gasteiger partial charge < -0.3 is 28.6 Å². The van der Waals surface area contributed by atoms with E-state index in [0.717, 1.165) is 83.5 Å². The molecule has 0 radical (unpaired) electrons. The maximum atomic E-state index is 12.8. The minimum Gasteiger partial charge on any atom is -0.544 e. The van der Waals surface area contributed by atoms with Crippen molar-refractivity contribution in [3.05, 3.63) is 60.8 Å². The molecule has 0 N–H and O–H groups in total. The lowest BCUT2D eigenvalue weighted by Gasteiger charge is -2.34. The molecular formula is C51H89NO7. The van der Waals surface area contributed by atoms with Crippen molar-refractivity contribution in [2.24, 2.45) is 0 Å². The van der Waals surface area contributed by atoms with E-state index in [4.69, 9.17) is 14.2 Å². The van der Waals surface area contributed by atoms with Crippen LogP contribution in [-0.2, 0) is 28.6 Å². The van der Waals surface area contributed by atoms with E-state index in [0.29, 0.717) is 12.8 Å². The Morgan fingerprint density at radius 2 is 0.898 bits per heavy atom. The lowest BCUT2D eigenvalue weighted by atomic mass is 10.0. The molecule has 0 amide bonds. The molecular weight excluding hydrogens is 739 g/mol. The summed E-state index contributed by atoms with van der Waals surface area (Å²) in [5.41, 5.74) is 0. The molecule has 0 heterocycles. The predicted octanol–water partition coefficient (Wildman–Crippen LogP) is 12.0. The second-order valence-electron chi connectivity index (χ2n) is 16.9. The Hall–Kier alpha value is -2.97. The molecule has 340 valence electrons. The Bertz CT molecular complexity index is 1150. The second-order valence-corrected chi connectivity index (χ2v) is 16.9. The second kappa shape index (κ2) is 41.8. The number of rotatable bonds is 42. The van der Waals surface area contributed by atoms with Crippen molar-refractivity contribution in [1.82, 2.24) is 0 Å². The van der Waals surface area contributed by atoms with Crippen LogP contribution < -0.4 is 5.11 Å². The first-order chi connectivity index (χ1) is 28.6. The number of allylic oxidation sites excluding steroid dienone is 10. The first-order valence-electron chi connectivity index (χ1n) is 23.8. The summed E-state index contributed by atoms with van der Waals surface area (Å²) in [7, 11) is 5.40. The fourth-order valence-corrected chi connectivity index (χ4v) is 6.77. The highest BCUT2D eigenvalue weighted by Gasteiger charge is 2.25. The molecule has 0 fully saturated rings. The third-order valence-electron chi connectivity index (χ3n) is 10.4. The lowest BCUT2D eigenvalue weighted by molar-refractivity contribution is -0.889. The highest BCUT2D eigenvalue weighted by atomic mass is 16.6. The lowest BCUT2D eigenvalue weighted by Crippen LogP contribution is -2.55. The molecule has 0 aliphatic heterocycles. The number of carboxylic acid groups (broad SMARTS) is 1. The van der Waals surface area contributed by atoms with Gasteiger partial charge in [-0.3, -0.25) is 9.59 Å². The molecule has 0 bridgehead atoms. The molecule has 0 aromatic carbocycles. The number of nitrogens with zero attached hydrogens (tertiary/aromatic N) is 1. The number of aliphatic carboxylic acids is 1. The number of quaternary nitrogens is 1. The summed E-state index contributed by atoms with van der Waals surface area (Å²) in [6.45, 7) is 4.43. The number of carbonyl (C=O) groups excluding carboxylic acids is 3. The van der Waals surface area contributed by atoms with Crippen LogP contribution >= 0.6 is 0 Å². The smallest absolute Gasteiger partial charge is 0.306 e. The monoisotopic (exact) mass is 828 g/mol. The van der Waals surface area contributed by atoms with Gasteiger partial charge in [0.25, 0.3) is 0 Å². The van der Waals surface area contributed by atoms with Crippen molar-refractivity contribution in [1.29, 1.82) is 0 Å². The van der Waals surface area contributed by atoms with Gasteiger partial charge >= 0.3 is 11.9 Å². The zero-order chi connectivity index (χ0) is 43.5. The third-order valence-corrected chi connectivity index (χ3v) is 10.4. The van der Waals surface area contributed by atoms with Crippen molar-refractivity contribution >= 4 is 17.9 Å². The van der Waals surface area contributed by atoms with E-state index in [9.17, 15) is 19.5 Å². The quantitative estimate of drug-likeness (QED) is 0.0261. The molecule has 8 nitrogen and oxygen atoms in total. The van der Waals surface area contributed by atoms with Crippen LogP contribution in [0.2, 0.25) is 0 Å². The average molecular weight is 828 g/mol. The molecule has 0 saturated heterocycles. The number of carbonyl (C=O) groups is 3. The number of esters is 2. The summed E-state index contributed by atoms with van der Waals surface area (Å²) in [5, 5.41) is 11.6. The summed E-state index contributed by atoms with van der Waals surface area (Å²) < 4.78 is 17.2. The number of unbranched alkanes of at least 4 members (excludes halogenated alkanes) is 18. The fourth-order valence-electron chi connectivity index (χ4n) is 6.77. The van der Waals surface area contributed by atoms with Gasteiger partial charge in [-0.15, -0.1) is 0 Å². The average Bonchev–Trinajstić information content (AvgIpc) is 3.19. The Morgan fingerprint density at radius 3 is 1.32 bits per heavy atom. The summed E-state index contributed by atoms with van der Waals surface area (Å²) in [4.78, 5) is 36.9. The Balaban J connectivity index is 4.27. The Kier molecular flexibility index (Phi) is 39.6. The molecule has 2 atom stereocenters. The number of ether oxygens (including phenoxy) is 3. The van der Waals surface area contributed by atoms with Crippen molar-refractivity contribution in [2.75, 3.05) is 41.0 Å². The van der Waals surface area contributed by atoms with E-state index in [1.807, 2.05) is 0 Å². The summed E-state index contributed by atoms with van der Waals surface area (Å²) in [5.74, 6) is -1.76. The van der Waals surface area contributed by atoms with Crippen molar-refractivity contribution in [3.8, 4) is 0 Å². The van der Waals surface area contributed by atoms with Gasteiger partial charge in [0.2, 0.25) is 0 Å². The van der Waals surface area contributed by atoms with Gasteiger partial charge in [-0.05, 0) is 70.6 Å². The third kappa shape index (κ3) is 40.2. The van der Waals surface area contributed by atoms with Crippen molar-refractivity contribution < 1.29 is 38.2 Å². The zero-order valence-electron chi connectivity index (χ0n) is 38.7. The topological polar surface area (TPSA) is 102 Å².